The summed E-state index contributed by atoms with van der Waals surface area (Å²) in [4.78, 5) is 0. The van der Waals surface area contributed by atoms with E-state index >= 15 is 0 Å². The van der Waals surface area contributed by atoms with Crippen molar-refractivity contribution in [3.05, 3.63) is 64.7 Å². The summed E-state index contributed by atoms with van der Waals surface area (Å²) in [5.41, 5.74) is 4.39. The van der Waals surface area contributed by atoms with Crippen LogP contribution in [-0.4, -0.2) is 6.61 Å². The van der Waals surface area contributed by atoms with Gasteiger partial charge in [0.25, 0.3) is 0 Å². The van der Waals surface area contributed by atoms with Gasteiger partial charge in [-0.05, 0) is 62.4 Å². The average Bonchev–Trinajstić information content (AvgIpc) is 2.50. The summed E-state index contributed by atoms with van der Waals surface area (Å²) in [5.74, 6) is 0.879. The molecule has 2 rings (SSSR count). The molecule has 0 bridgehead atoms. The van der Waals surface area contributed by atoms with E-state index in [-0.39, 0.29) is 0 Å². The molecule has 0 aliphatic carbocycles. The Hall–Kier alpha value is -2.27. The van der Waals surface area contributed by atoms with Crippen LogP contribution in [0, 0.1) is 25.2 Å². The highest BCUT2D eigenvalue weighted by atomic mass is 16.5. The third kappa shape index (κ3) is 4.65. The molecule has 21 heavy (non-hydrogen) atoms. The van der Waals surface area contributed by atoms with Gasteiger partial charge in [0.15, 0.2) is 0 Å². The Labute approximate surface area is 127 Å². The van der Waals surface area contributed by atoms with E-state index in [1.165, 1.54) is 11.1 Å². The van der Waals surface area contributed by atoms with Crippen LogP contribution in [0.5, 0.6) is 5.75 Å². The Morgan fingerprint density at radius 3 is 2.43 bits per heavy atom. The molecule has 2 aromatic carbocycles. The largest absolute Gasteiger partial charge is 0.493 e. The number of nitriles is 1. The van der Waals surface area contributed by atoms with Crippen LogP contribution in [0.15, 0.2) is 42.5 Å². The third-order valence-corrected chi connectivity index (χ3v) is 3.54. The molecule has 0 saturated heterocycles. The van der Waals surface area contributed by atoms with Gasteiger partial charge in [-0.25, -0.2) is 0 Å². The molecule has 0 unspecified atom stereocenters. The Morgan fingerprint density at radius 1 is 1.00 bits per heavy atom. The summed E-state index contributed by atoms with van der Waals surface area (Å²) in [7, 11) is 0. The average molecular weight is 279 g/mol. The minimum absolute atomic E-state index is 0.680. The molecule has 2 nitrogen and oxygen atoms in total. The zero-order valence-corrected chi connectivity index (χ0v) is 12.7. The maximum Gasteiger partial charge on any atom is 0.122 e. The summed E-state index contributed by atoms with van der Waals surface area (Å²) in [6.07, 6.45) is 3.25. The summed E-state index contributed by atoms with van der Waals surface area (Å²) < 4.78 is 5.78. The summed E-state index contributed by atoms with van der Waals surface area (Å²) in [5, 5.41) is 8.83. The first-order valence-corrected chi connectivity index (χ1v) is 7.38. The van der Waals surface area contributed by atoms with Gasteiger partial charge in [-0.2, -0.15) is 5.26 Å². The van der Waals surface area contributed by atoms with Gasteiger partial charge in [0.05, 0.1) is 18.2 Å². The molecule has 0 atom stereocenters. The second kappa shape index (κ2) is 7.50. The first-order valence-electron chi connectivity index (χ1n) is 7.38. The SMILES string of the molecule is Cc1ccc(CCCCOc2ccc(C#N)cc2C)cc1. The number of rotatable bonds is 6. The van der Waals surface area contributed by atoms with Gasteiger partial charge in [-0.15, -0.1) is 0 Å². The Balaban J connectivity index is 1.72. The lowest BCUT2D eigenvalue weighted by molar-refractivity contribution is 0.305. The standard InChI is InChI=1S/C19H21NO/c1-15-6-8-17(9-7-15)5-3-4-12-21-19-11-10-18(14-20)13-16(19)2/h6-11,13H,3-5,12H2,1-2H3. The zero-order valence-electron chi connectivity index (χ0n) is 12.7. The van der Waals surface area contributed by atoms with Crippen molar-refractivity contribution in [1.82, 2.24) is 0 Å². The van der Waals surface area contributed by atoms with Gasteiger partial charge in [0.2, 0.25) is 0 Å². The number of nitrogens with zero attached hydrogens (tertiary/aromatic N) is 1. The van der Waals surface area contributed by atoms with Gasteiger partial charge < -0.3 is 4.74 Å². The fourth-order valence-electron chi connectivity index (χ4n) is 2.25. The maximum atomic E-state index is 8.83. The monoisotopic (exact) mass is 279 g/mol. The smallest absolute Gasteiger partial charge is 0.122 e. The van der Waals surface area contributed by atoms with Crippen LogP contribution >= 0.6 is 0 Å². The van der Waals surface area contributed by atoms with E-state index in [9.17, 15) is 0 Å². The molecule has 2 heteroatoms. The van der Waals surface area contributed by atoms with Crippen molar-refractivity contribution < 1.29 is 4.74 Å². The van der Waals surface area contributed by atoms with Crippen molar-refractivity contribution in [2.24, 2.45) is 0 Å². The van der Waals surface area contributed by atoms with E-state index in [2.05, 4.69) is 37.3 Å². The van der Waals surface area contributed by atoms with Crippen LogP contribution in [0.1, 0.15) is 35.1 Å². The number of ether oxygens (including phenoxy) is 1. The van der Waals surface area contributed by atoms with Gasteiger partial charge in [0, 0.05) is 0 Å². The molecular formula is C19H21NO. The Bertz CT molecular complexity index is 623. The van der Waals surface area contributed by atoms with Gasteiger partial charge in [0.1, 0.15) is 5.75 Å². The third-order valence-electron chi connectivity index (χ3n) is 3.54. The van der Waals surface area contributed by atoms with Gasteiger partial charge >= 0.3 is 0 Å². The van der Waals surface area contributed by atoms with E-state index in [1.807, 2.05) is 19.1 Å². The van der Waals surface area contributed by atoms with Crippen molar-refractivity contribution in [2.45, 2.75) is 33.1 Å². The molecule has 0 aromatic heterocycles. The van der Waals surface area contributed by atoms with E-state index in [0.29, 0.717) is 5.56 Å². The molecule has 0 N–H and O–H groups in total. The second-order valence-electron chi connectivity index (χ2n) is 5.38. The number of unbranched alkanes of at least 4 members (excludes halogenated alkanes) is 1. The minimum atomic E-state index is 0.680. The minimum Gasteiger partial charge on any atom is -0.493 e. The molecule has 2 aromatic rings. The fourth-order valence-corrected chi connectivity index (χ4v) is 2.25. The van der Waals surface area contributed by atoms with Crippen LogP contribution in [-0.2, 0) is 6.42 Å². The number of hydrogen-bond donors (Lipinski definition) is 0. The van der Waals surface area contributed by atoms with Crippen LogP contribution < -0.4 is 4.74 Å². The molecule has 0 fully saturated rings. The first-order chi connectivity index (χ1) is 10.2. The summed E-state index contributed by atoms with van der Waals surface area (Å²) in [6.45, 7) is 4.80. The molecule has 0 saturated carbocycles. The molecule has 0 spiro atoms. The highest BCUT2D eigenvalue weighted by molar-refractivity contribution is 5.41. The van der Waals surface area contributed by atoms with Crippen LogP contribution in [0.4, 0.5) is 0 Å². The van der Waals surface area contributed by atoms with E-state index in [1.54, 1.807) is 6.07 Å². The lowest BCUT2D eigenvalue weighted by Crippen LogP contribution is -2.00. The number of hydrogen-bond acceptors (Lipinski definition) is 2. The lowest BCUT2D eigenvalue weighted by atomic mass is 10.1. The van der Waals surface area contributed by atoms with E-state index in [4.69, 9.17) is 10.00 Å². The Kier molecular flexibility index (Phi) is 5.40. The Morgan fingerprint density at radius 2 is 1.76 bits per heavy atom. The number of aryl methyl sites for hydroxylation is 3. The predicted octanol–water partition coefficient (Wildman–Crippen LogP) is 4.58. The van der Waals surface area contributed by atoms with Crippen molar-refractivity contribution in [2.75, 3.05) is 6.61 Å². The maximum absolute atomic E-state index is 8.83. The lowest BCUT2D eigenvalue weighted by Gasteiger charge is -2.09. The highest BCUT2D eigenvalue weighted by Crippen LogP contribution is 2.19. The van der Waals surface area contributed by atoms with Gasteiger partial charge in [-0.1, -0.05) is 29.8 Å². The van der Waals surface area contributed by atoms with Crippen molar-refractivity contribution in [3.63, 3.8) is 0 Å². The van der Waals surface area contributed by atoms with Crippen molar-refractivity contribution >= 4 is 0 Å². The van der Waals surface area contributed by atoms with E-state index in [0.717, 1.165) is 37.2 Å². The normalized spacial score (nSPS) is 10.1. The molecule has 0 aliphatic rings. The van der Waals surface area contributed by atoms with Gasteiger partial charge in [-0.3, -0.25) is 0 Å². The van der Waals surface area contributed by atoms with Crippen LogP contribution in [0.3, 0.4) is 0 Å². The first kappa shape index (κ1) is 15.1. The molecule has 0 amide bonds. The topological polar surface area (TPSA) is 33.0 Å². The van der Waals surface area contributed by atoms with Crippen molar-refractivity contribution in [3.8, 4) is 11.8 Å². The predicted molar refractivity (Wildman–Crippen MR) is 85.5 cm³/mol. The fraction of sp³-hybridized carbons (Fsp3) is 0.316. The van der Waals surface area contributed by atoms with Crippen LogP contribution in [0.25, 0.3) is 0 Å². The molecule has 0 heterocycles. The molecule has 0 radical (unpaired) electrons. The quantitative estimate of drug-likeness (QED) is 0.725. The number of benzene rings is 2. The molecule has 108 valence electrons. The van der Waals surface area contributed by atoms with Crippen LogP contribution in [0.2, 0.25) is 0 Å². The molecule has 0 aliphatic heterocycles. The molecular weight excluding hydrogens is 258 g/mol. The van der Waals surface area contributed by atoms with E-state index < -0.39 is 0 Å². The van der Waals surface area contributed by atoms with Crippen molar-refractivity contribution in [1.29, 1.82) is 5.26 Å². The summed E-state index contributed by atoms with van der Waals surface area (Å²) >= 11 is 0. The highest BCUT2D eigenvalue weighted by Gasteiger charge is 2.01. The summed E-state index contributed by atoms with van der Waals surface area (Å²) in [6, 6.07) is 16.4. The second-order valence-corrected chi connectivity index (χ2v) is 5.38. The zero-order chi connectivity index (χ0) is 15.1.